The van der Waals surface area contributed by atoms with Crippen LogP contribution in [0.4, 0.5) is 0 Å². The monoisotopic (exact) mass is 489 g/mol. The molecule has 4 aromatic rings. The number of nitrogens with zero attached hydrogens (tertiary/aromatic N) is 5. The van der Waals surface area contributed by atoms with Crippen molar-refractivity contribution in [1.29, 1.82) is 0 Å². The Morgan fingerprint density at radius 2 is 1.83 bits per heavy atom. The van der Waals surface area contributed by atoms with E-state index in [0.717, 1.165) is 41.6 Å². The lowest BCUT2D eigenvalue weighted by molar-refractivity contribution is -0.133. The molecule has 1 aliphatic heterocycles. The molecule has 0 unspecified atom stereocenters. The van der Waals surface area contributed by atoms with E-state index in [1.807, 2.05) is 47.4 Å². The fourth-order valence-corrected chi connectivity index (χ4v) is 5.11. The number of para-hydroxylation sites is 1. The first-order valence-electron chi connectivity index (χ1n) is 11.6. The van der Waals surface area contributed by atoms with Gasteiger partial charge in [0.05, 0.1) is 36.6 Å². The topological polar surface area (TPSA) is 80.6 Å². The number of fused-ring (bicyclic) bond motifs is 1. The van der Waals surface area contributed by atoms with Gasteiger partial charge in [0.25, 0.3) is 5.56 Å². The molecule has 1 saturated heterocycles. The van der Waals surface area contributed by atoms with Gasteiger partial charge in [-0.2, -0.15) is 0 Å². The maximum atomic E-state index is 12.8. The van der Waals surface area contributed by atoms with Gasteiger partial charge in [-0.05, 0) is 36.4 Å². The van der Waals surface area contributed by atoms with E-state index in [1.54, 1.807) is 24.5 Å². The molecule has 2 aromatic heterocycles. The summed E-state index contributed by atoms with van der Waals surface area (Å²) in [5.41, 5.74) is 2.61. The van der Waals surface area contributed by atoms with Crippen molar-refractivity contribution in [1.82, 2.24) is 24.3 Å². The zero-order chi connectivity index (χ0) is 24.2. The summed E-state index contributed by atoms with van der Waals surface area (Å²) in [7, 11) is 1.66. The zero-order valence-electron chi connectivity index (χ0n) is 19.6. The number of ether oxygens (including phenoxy) is 1. The van der Waals surface area contributed by atoms with E-state index in [1.165, 1.54) is 10.9 Å². The first kappa shape index (κ1) is 23.2. The van der Waals surface area contributed by atoms with Crippen LogP contribution in [0.1, 0.15) is 11.4 Å². The van der Waals surface area contributed by atoms with Gasteiger partial charge in [-0.3, -0.25) is 19.1 Å². The van der Waals surface area contributed by atoms with Crippen LogP contribution < -0.4 is 10.3 Å². The van der Waals surface area contributed by atoms with Crippen LogP contribution in [0.5, 0.6) is 5.75 Å². The summed E-state index contributed by atoms with van der Waals surface area (Å²) in [4.78, 5) is 38.8. The maximum absolute atomic E-state index is 12.8. The Kier molecular flexibility index (Phi) is 6.87. The summed E-state index contributed by atoms with van der Waals surface area (Å²) >= 11 is 1.66. The second-order valence-electron chi connectivity index (χ2n) is 8.52. The molecule has 0 radical (unpaired) electrons. The molecule has 0 N–H and O–H groups in total. The number of benzene rings is 2. The zero-order valence-corrected chi connectivity index (χ0v) is 20.4. The van der Waals surface area contributed by atoms with Gasteiger partial charge in [-0.1, -0.05) is 12.1 Å². The Morgan fingerprint density at radius 1 is 1.06 bits per heavy atom. The number of amides is 1. The molecule has 0 saturated carbocycles. The molecule has 0 aliphatic carbocycles. The minimum atomic E-state index is -0.106. The summed E-state index contributed by atoms with van der Waals surface area (Å²) in [6.45, 7) is 4.09. The largest absolute Gasteiger partial charge is 0.497 e. The first-order chi connectivity index (χ1) is 17.1. The standard InChI is InChI=1S/C26H27N5O3S/c1-34-20-8-6-19(7-9-20)23-17-35-24(28-23)16-29-12-14-30(15-13-29)25(32)10-11-31-18-27-22-5-3-2-4-21(22)26(31)33/h2-9,17-18H,10-16H2,1H3. The summed E-state index contributed by atoms with van der Waals surface area (Å²) in [6, 6.07) is 15.2. The SMILES string of the molecule is COc1ccc(-c2csc(CN3CCN(C(=O)CCn4cnc5ccccc5c4=O)CC3)n2)cc1. The van der Waals surface area contributed by atoms with Crippen molar-refractivity contribution >= 4 is 28.1 Å². The van der Waals surface area contributed by atoms with Gasteiger partial charge in [-0.25, -0.2) is 9.97 Å². The lowest BCUT2D eigenvalue weighted by Crippen LogP contribution is -2.48. The fraction of sp³-hybridized carbons (Fsp3) is 0.308. The number of piperazine rings is 1. The normalized spacial score (nSPS) is 14.4. The van der Waals surface area contributed by atoms with E-state index >= 15 is 0 Å². The van der Waals surface area contributed by atoms with Crippen molar-refractivity contribution < 1.29 is 9.53 Å². The summed E-state index contributed by atoms with van der Waals surface area (Å²) in [5, 5.41) is 3.73. The van der Waals surface area contributed by atoms with Crippen LogP contribution in [-0.2, 0) is 17.9 Å². The minimum absolute atomic E-state index is 0.0701. The molecule has 5 rings (SSSR count). The van der Waals surface area contributed by atoms with E-state index in [4.69, 9.17) is 9.72 Å². The molecule has 0 atom stereocenters. The second kappa shape index (κ2) is 10.4. The fourth-order valence-electron chi connectivity index (χ4n) is 4.26. The van der Waals surface area contributed by atoms with Crippen molar-refractivity contribution in [2.24, 2.45) is 0 Å². The lowest BCUT2D eigenvalue weighted by atomic mass is 10.2. The van der Waals surface area contributed by atoms with Gasteiger partial charge in [0.15, 0.2) is 0 Å². The Morgan fingerprint density at radius 3 is 2.60 bits per heavy atom. The van der Waals surface area contributed by atoms with Crippen LogP contribution in [0.15, 0.2) is 65.0 Å². The summed E-state index contributed by atoms with van der Waals surface area (Å²) in [5.74, 6) is 0.901. The van der Waals surface area contributed by atoms with Gasteiger partial charge in [0.2, 0.25) is 5.91 Å². The molecule has 35 heavy (non-hydrogen) atoms. The van der Waals surface area contributed by atoms with Crippen molar-refractivity contribution in [3.05, 3.63) is 75.6 Å². The van der Waals surface area contributed by atoms with Gasteiger partial charge >= 0.3 is 0 Å². The second-order valence-corrected chi connectivity index (χ2v) is 9.46. The molecule has 9 heteroatoms. The Balaban J connectivity index is 1.12. The maximum Gasteiger partial charge on any atom is 0.261 e. The third-order valence-electron chi connectivity index (χ3n) is 6.32. The first-order valence-corrected chi connectivity index (χ1v) is 12.5. The molecule has 1 aliphatic rings. The predicted octanol–water partition coefficient (Wildman–Crippen LogP) is 3.26. The van der Waals surface area contributed by atoms with Crippen LogP contribution in [0.3, 0.4) is 0 Å². The molecule has 180 valence electrons. The van der Waals surface area contributed by atoms with Crippen LogP contribution in [0, 0.1) is 0 Å². The van der Waals surface area contributed by atoms with Crippen molar-refractivity contribution in [3.63, 3.8) is 0 Å². The Hall–Kier alpha value is -3.56. The lowest BCUT2D eigenvalue weighted by Gasteiger charge is -2.34. The highest BCUT2D eigenvalue weighted by molar-refractivity contribution is 7.09. The van der Waals surface area contributed by atoms with Crippen LogP contribution in [0.25, 0.3) is 22.2 Å². The highest BCUT2D eigenvalue weighted by Crippen LogP contribution is 2.25. The van der Waals surface area contributed by atoms with Crippen LogP contribution >= 0.6 is 11.3 Å². The molecule has 3 heterocycles. The smallest absolute Gasteiger partial charge is 0.261 e. The molecule has 0 bridgehead atoms. The number of methoxy groups -OCH3 is 1. The van der Waals surface area contributed by atoms with E-state index < -0.39 is 0 Å². The average Bonchev–Trinajstić information content (AvgIpc) is 3.37. The Labute approximate surface area is 207 Å². The van der Waals surface area contributed by atoms with E-state index in [0.29, 0.717) is 30.5 Å². The molecule has 1 amide bonds. The number of carbonyl (C=O) groups excluding carboxylic acids is 1. The number of carbonyl (C=O) groups is 1. The van der Waals surface area contributed by atoms with Gasteiger partial charge in [0.1, 0.15) is 10.8 Å². The van der Waals surface area contributed by atoms with Gasteiger partial charge in [0, 0.05) is 50.1 Å². The van der Waals surface area contributed by atoms with Gasteiger partial charge in [-0.15, -0.1) is 11.3 Å². The van der Waals surface area contributed by atoms with Crippen LogP contribution in [-0.4, -0.2) is 63.5 Å². The van der Waals surface area contributed by atoms with E-state index in [2.05, 4.69) is 15.3 Å². The quantitative estimate of drug-likeness (QED) is 0.396. The molecular formula is C26H27N5O3S. The average molecular weight is 490 g/mol. The number of rotatable bonds is 7. The predicted molar refractivity (Wildman–Crippen MR) is 137 cm³/mol. The van der Waals surface area contributed by atoms with E-state index in [-0.39, 0.29) is 17.9 Å². The van der Waals surface area contributed by atoms with Crippen molar-refractivity contribution in [3.8, 4) is 17.0 Å². The highest BCUT2D eigenvalue weighted by atomic mass is 32.1. The summed E-state index contributed by atoms with van der Waals surface area (Å²) in [6.07, 6.45) is 1.82. The van der Waals surface area contributed by atoms with Crippen molar-refractivity contribution in [2.45, 2.75) is 19.5 Å². The molecule has 0 spiro atoms. The van der Waals surface area contributed by atoms with Gasteiger partial charge < -0.3 is 9.64 Å². The minimum Gasteiger partial charge on any atom is -0.497 e. The Bertz CT molecular complexity index is 1370. The molecule has 8 nitrogen and oxygen atoms in total. The number of hydrogen-bond donors (Lipinski definition) is 0. The third-order valence-corrected chi connectivity index (χ3v) is 7.15. The van der Waals surface area contributed by atoms with Crippen LogP contribution in [0.2, 0.25) is 0 Å². The molecular weight excluding hydrogens is 462 g/mol. The van der Waals surface area contributed by atoms with Crippen molar-refractivity contribution in [2.75, 3.05) is 33.3 Å². The van der Waals surface area contributed by atoms with E-state index in [9.17, 15) is 9.59 Å². The summed E-state index contributed by atoms with van der Waals surface area (Å²) < 4.78 is 6.75. The number of thiazole rings is 1. The number of hydrogen-bond acceptors (Lipinski definition) is 7. The molecule has 2 aromatic carbocycles. The third kappa shape index (κ3) is 5.26. The number of aryl methyl sites for hydroxylation is 1. The molecule has 1 fully saturated rings. The number of aromatic nitrogens is 3. The highest BCUT2D eigenvalue weighted by Gasteiger charge is 2.22.